The summed E-state index contributed by atoms with van der Waals surface area (Å²) in [5.41, 5.74) is 4.43. The molecule has 1 fully saturated rings. The fourth-order valence-corrected chi connectivity index (χ4v) is 5.13. The van der Waals surface area contributed by atoms with E-state index in [0.29, 0.717) is 25.1 Å². The van der Waals surface area contributed by atoms with Crippen LogP contribution in [0.25, 0.3) is 10.9 Å². The number of primary sulfonamides is 1. The SMILES string of the molecule is NS(=O)(=O)C[C@@H]1CCN(C(=O)c2ccc3[nH]c4c(c3c2)CCCC4)C1. The summed E-state index contributed by atoms with van der Waals surface area (Å²) in [6.07, 6.45) is 5.23. The largest absolute Gasteiger partial charge is 0.358 e. The average Bonchev–Trinajstić information content (AvgIpc) is 3.16. The fourth-order valence-electron chi connectivity index (χ4n) is 4.20. The Kier molecular flexibility index (Phi) is 4.08. The van der Waals surface area contributed by atoms with Gasteiger partial charge in [-0.05, 0) is 61.8 Å². The van der Waals surface area contributed by atoms with E-state index in [1.54, 1.807) is 4.90 Å². The van der Waals surface area contributed by atoms with Crippen molar-refractivity contribution in [3.05, 3.63) is 35.0 Å². The zero-order valence-electron chi connectivity index (χ0n) is 14.1. The third-order valence-electron chi connectivity index (χ3n) is 5.39. The number of hydrogen-bond acceptors (Lipinski definition) is 3. The molecule has 1 saturated heterocycles. The van der Waals surface area contributed by atoms with Gasteiger partial charge in [-0.2, -0.15) is 0 Å². The molecule has 1 aliphatic carbocycles. The molecule has 1 aromatic carbocycles. The maximum atomic E-state index is 12.8. The van der Waals surface area contributed by atoms with Gasteiger partial charge in [-0.25, -0.2) is 13.6 Å². The van der Waals surface area contributed by atoms with E-state index in [4.69, 9.17) is 5.14 Å². The summed E-state index contributed by atoms with van der Waals surface area (Å²) in [6, 6.07) is 5.84. The molecule has 25 heavy (non-hydrogen) atoms. The fraction of sp³-hybridized carbons (Fsp3) is 0.500. The van der Waals surface area contributed by atoms with Crippen LogP contribution in [0.5, 0.6) is 0 Å². The number of sulfonamides is 1. The summed E-state index contributed by atoms with van der Waals surface area (Å²) in [5, 5.41) is 6.28. The first-order chi connectivity index (χ1) is 11.9. The van der Waals surface area contributed by atoms with E-state index >= 15 is 0 Å². The second kappa shape index (κ2) is 6.14. The number of nitrogens with one attached hydrogen (secondary N) is 1. The van der Waals surface area contributed by atoms with Crippen molar-refractivity contribution in [2.45, 2.75) is 32.1 Å². The molecular weight excluding hydrogens is 338 g/mol. The van der Waals surface area contributed by atoms with Gasteiger partial charge in [-0.15, -0.1) is 0 Å². The maximum Gasteiger partial charge on any atom is 0.253 e. The van der Waals surface area contributed by atoms with Crippen LogP contribution in [0.15, 0.2) is 18.2 Å². The molecule has 0 spiro atoms. The molecule has 7 heteroatoms. The minimum Gasteiger partial charge on any atom is -0.358 e. The first-order valence-electron chi connectivity index (χ1n) is 8.84. The average molecular weight is 361 g/mol. The smallest absolute Gasteiger partial charge is 0.253 e. The van der Waals surface area contributed by atoms with E-state index in [1.807, 2.05) is 18.2 Å². The van der Waals surface area contributed by atoms with E-state index in [0.717, 1.165) is 23.7 Å². The number of nitrogens with zero attached hydrogens (tertiary/aromatic N) is 1. The molecule has 0 unspecified atom stereocenters. The molecule has 2 aliphatic rings. The Morgan fingerprint density at radius 1 is 1.28 bits per heavy atom. The third-order valence-corrected chi connectivity index (χ3v) is 6.32. The highest BCUT2D eigenvalue weighted by atomic mass is 32.2. The van der Waals surface area contributed by atoms with Crippen LogP contribution in [0, 0.1) is 5.92 Å². The van der Waals surface area contributed by atoms with Crippen molar-refractivity contribution >= 4 is 26.8 Å². The Hall–Kier alpha value is -1.86. The lowest BCUT2D eigenvalue weighted by Gasteiger charge is -2.17. The van der Waals surface area contributed by atoms with Gasteiger partial charge < -0.3 is 9.88 Å². The summed E-state index contributed by atoms with van der Waals surface area (Å²) in [4.78, 5) is 18.1. The number of carbonyl (C=O) groups is 1. The number of aryl methyl sites for hydroxylation is 2. The third kappa shape index (κ3) is 3.30. The summed E-state index contributed by atoms with van der Waals surface area (Å²) < 4.78 is 22.5. The molecule has 0 bridgehead atoms. The number of aromatic amines is 1. The summed E-state index contributed by atoms with van der Waals surface area (Å²) in [7, 11) is -3.49. The number of likely N-dealkylation sites (tertiary alicyclic amines) is 1. The second-order valence-electron chi connectivity index (χ2n) is 7.28. The zero-order chi connectivity index (χ0) is 17.6. The number of nitrogens with two attached hydrogens (primary N) is 1. The molecule has 0 radical (unpaired) electrons. The molecule has 134 valence electrons. The van der Waals surface area contributed by atoms with Crippen LogP contribution in [-0.2, 0) is 22.9 Å². The normalized spacial score (nSPS) is 20.8. The van der Waals surface area contributed by atoms with Gasteiger partial charge in [0.15, 0.2) is 0 Å². The number of carbonyl (C=O) groups excluding carboxylic acids is 1. The van der Waals surface area contributed by atoms with Crippen molar-refractivity contribution in [1.29, 1.82) is 0 Å². The van der Waals surface area contributed by atoms with Crippen molar-refractivity contribution in [1.82, 2.24) is 9.88 Å². The minimum absolute atomic E-state index is 0.0235. The highest BCUT2D eigenvalue weighted by Crippen LogP contribution is 2.30. The first kappa shape index (κ1) is 16.6. The Balaban J connectivity index is 1.56. The lowest BCUT2D eigenvalue weighted by Crippen LogP contribution is -2.30. The van der Waals surface area contributed by atoms with E-state index in [9.17, 15) is 13.2 Å². The van der Waals surface area contributed by atoms with Gasteiger partial charge in [-0.3, -0.25) is 4.79 Å². The van der Waals surface area contributed by atoms with Crippen molar-refractivity contribution in [3.63, 3.8) is 0 Å². The standard InChI is InChI=1S/C18H23N3O3S/c19-25(23,24)11-12-7-8-21(10-12)18(22)13-5-6-17-15(9-13)14-3-1-2-4-16(14)20-17/h5-6,9,12,20H,1-4,7-8,10-11H2,(H2,19,23,24)/t12-/m1/s1. The number of amides is 1. The predicted molar refractivity (Wildman–Crippen MR) is 96.9 cm³/mol. The minimum atomic E-state index is -3.49. The van der Waals surface area contributed by atoms with E-state index in [-0.39, 0.29) is 17.6 Å². The van der Waals surface area contributed by atoms with Crippen LogP contribution < -0.4 is 5.14 Å². The van der Waals surface area contributed by atoms with Crippen LogP contribution >= 0.6 is 0 Å². The lowest BCUT2D eigenvalue weighted by molar-refractivity contribution is 0.0788. The van der Waals surface area contributed by atoms with Gasteiger partial charge in [0, 0.05) is 35.2 Å². The Morgan fingerprint density at radius 2 is 2.08 bits per heavy atom. The molecule has 1 aromatic heterocycles. The molecule has 3 N–H and O–H groups in total. The molecule has 1 amide bonds. The monoisotopic (exact) mass is 361 g/mol. The van der Waals surface area contributed by atoms with E-state index in [2.05, 4.69) is 4.98 Å². The molecular formula is C18H23N3O3S. The van der Waals surface area contributed by atoms with Gasteiger partial charge in [0.2, 0.25) is 10.0 Å². The molecule has 0 saturated carbocycles. The van der Waals surface area contributed by atoms with Gasteiger partial charge in [0.25, 0.3) is 5.91 Å². The summed E-state index contributed by atoms with van der Waals surface area (Å²) in [5.74, 6) is -0.145. The molecule has 4 rings (SSSR count). The van der Waals surface area contributed by atoms with Crippen molar-refractivity contribution in [2.75, 3.05) is 18.8 Å². The van der Waals surface area contributed by atoms with Crippen LogP contribution in [0.4, 0.5) is 0 Å². The molecule has 1 atom stereocenters. The highest BCUT2D eigenvalue weighted by molar-refractivity contribution is 7.89. The zero-order valence-corrected chi connectivity index (χ0v) is 14.9. The van der Waals surface area contributed by atoms with Crippen molar-refractivity contribution in [2.24, 2.45) is 11.1 Å². The predicted octanol–water partition coefficient (Wildman–Crippen LogP) is 1.80. The molecule has 1 aliphatic heterocycles. The molecule has 2 aromatic rings. The lowest BCUT2D eigenvalue weighted by atomic mass is 9.95. The molecule has 2 heterocycles. The number of fused-ring (bicyclic) bond motifs is 3. The van der Waals surface area contributed by atoms with Crippen molar-refractivity contribution in [3.8, 4) is 0 Å². The number of aromatic nitrogens is 1. The van der Waals surface area contributed by atoms with Crippen molar-refractivity contribution < 1.29 is 13.2 Å². The van der Waals surface area contributed by atoms with Crippen LogP contribution in [0.1, 0.15) is 40.9 Å². The Morgan fingerprint density at radius 3 is 2.88 bits per heavy atom. The van der Waals surface area contributed by atoms with Gasteiger partial charge in [-0.1, -0.05) is 0 Å². The number of hydrogen-bond donors (Lipinski definition) is 2. The van der Waals surface area contributed by atoms with Gasteiger partial charge >= 0.3 is 0 Å². The Labute approximate surface area is 147 Å². The number of benzene rings is 1. The van der Waals surface area contributed by atoms with Gasteiger partial charge in [0.05, 0.1) is 5.75 Å². The number of H-pyrrole nitrogens is 1. The van der Waals surface area contributed by atoms with E-state index < -0.39 is 10.0 Å². The van der Waals surface area contributed by atoms with Crippen LogP contribution in [0.2, 0.25) is 0 Å². The topological polar surface area (TPSA) is 96.3 Å². The summed E-state index contributed by atoms with van der Waals surface area (Å²) >= 11 is 0. The number of rotatable bonds is 3. The van der Waals surface area contributed by atoms with Gasteiger partial charge in [0.1, 0.15) is 0 Å². The van der Waals surface area contributed by atoms with E-state index in [1.165, 1.54) is 24.1 Å². The maximum absolute atomic E-state index is 12.8. The van der Waals surface area contributed by atoms with Crippen LogP contribution in [0.3, 0.4) is 0 Å². The molecule has 6 nitrogen and oxygen atoms in total. The highest BCUT2D eigenvalue weighted by Gasteiger charge is 2.29. The second-order valence-corrected chi connectivity index (χ2v) is 8.94. The first-order valence-corrected chi connectivity index (χ1v) is 10.6. The Bertz CT molecular complexity index is 932. The van der Waals surface area contributed by atoms with Crippen LogP contribution in [-0.4, -0.2) is 43.1 Å². The summed E-state index contributed by atoms with van der Waals surface area (Å²) in [6.45, 7) is 1.04. The quantitative estimate of drug-likeness (QED) is 0.872.